The molecular formula is C12H17N3O. The van der Waals surface area contributed by atoms with E-state index < -0.39 is 0 Å². The number of nitrogens with one attached hydrogen (secondary N) is 3. The van der Waals surface area contributed by atoms with E-state index in [1.54, 1.807) is 0 Å². The minimum Gasteiger partial charge on any atom is -0.362 e. The molecule has 4 heteroatoms. The van der Waals surface area contributed by atoms with Gasteiger partial charge in [-0.1, -0.05) is 12.5 Å². The smallest absolute Gasteiger partial charge is 0.184 e. The van der Waals surface area contributed by atoms with Crippen molar-refractivity contribution in [3.8, 4) is 0 Å². The summed E-state index contributed by atoms with van der Waals surface area (Å²) >= 11 is 0. The first-order valence-corrected chi connectivity index (χ1v) is 6.05. The van der Waals surface area contributed by atoms with E-state index in [9.17, 15) is 4.79 Å². The first-order chi connectivity index (χ1) is 7.84. The first kappa shape index (κ1) is 9.90. The molecular weight excluding hydrogens is 202 g/mol. The second kappa shape index (κ2) is 3.94. The number of hydrogen-bond donors (Lipinski definition) is 3. The molecule has 0 amide bonds. The highest BCUT2D eigenvalue weighted by Gasteiger charge is 2.32. The third kappa shape index (κ3) is 1.63. The van der Waals surface area contributed by atoms with Crippen LogP contribution in [0.2, 0.25) is 0 Å². The van der Waals surface area contributed by atoms with E-state index in [-0.39, 0.29) is 11.9 Å². The Morgan fingerprint density at radius 3 is 2.94 bits per heavy atom. The lowest BCUT2D eigenvalue weighted by Crippen LogP contribution is -2.53. The Morgan fingerprint density at radius 2 is 2.19 bits per heavy atom. The van der Waals surface area contributed by atoms with Crippen LogP contribution in [0.4, 0.5) is 0 Å². The van der Waals surface area contributed by atoms with Crippen molar-refractivity contribution in [3.05, 3.63) is 23.5 Å². The largest absolute Gasteiger partial charge is 0.362 e. The Balaban J connectivity index is 1.70. The fraction of sp³-hybridized carbons (Fsp3) is 0.583. The summed E-state index contributed by atoms with van der Waals surface area (Å²) in [6, 6.07) is 0.431. The molecule has 86 valence electrons. The molecule has 3 rings (SSSR count). The first-order valence-electron chi connectivity index (χ1n) is 6.05. The van der Waals surface area contributed by atoms with Crippen molar-refractivity contribution >= 4 is 5.78 Å². The maximum Gasteiger partial charge on any atom is 0.184 e. The van der Waals surface area contributed by atoms with Gasteiger partial charge in [-0.25, -0.2) is 0 Å². The highest BCUT2D eigenvalue weighted by atomic mass is 16.1. The van der Waals surface area contributed by atoms with Crippen molar-refractivity contribution < 1.29 is 4.79 Å². The number of carbonyl (C=O) groups excluding carboxylic acids is 1. The molecule has 2 aliphatic heterocycles. The molecule has 0 saturated carbocycles. The Kier molecular flexibility index (Phi) is 2.44. The van der Waals surface area contributed by atoms with Crippen molar-refractivity contribution in [1.82, 2.24) is 16.0 Å². The fourth-order valence-electron chi connectivity index (χ4n) is 2.62. The summed E-state index contributed by atoms with van der Waals surface area (Å²) in [7, 11) is 0. The van der Waals surface area contributed by atoms with Gasteiger partial charge < -0.3 is 16.0 Å². The van der Waals surface area contributed by atoms with Crippen molar-refractivity contribution in [2.24, 2.45) is 0 Å². The van der Waals surface area contributed by atoms with Crippen LogP contribution in [-0.2, 0) is 4.79 Å². The summed E-state index contributed by atoms with van der Waals surface area (Å²) < 4.78 is 0. The predicted molar refractivity (Wildman–Crippen MR) is 61.5 cm³/mol. The van der Waals surface area contributed by atoms with Gasteiger partial charge in [0, 0.05) is 12.5 Å². The summed E-state index contributed by atoms with van der Waals surface area (Å²) in [4.78, 5) is 11.7. The number of carbonyl (C=O) groups is 1. The number of allylic oxidation sites excluding steroid dienone is 3. The molecule has 0 aromatic heterocycles. The van der Waals surface area contributed by atoms with Gasteiger partial charge in [-0.2, -0.15) is 0 Å². The number of Topliss-reactive ketones (excluding diaryl/α,β-unsaturated/α-hetero) is 1. The van der Waals surface area contributed by atoms with Crippen LogP contribution < -0.4 is 16.0 Å². The summed E-state index contributed by atoms with van der Waals surface area (Å²) in [5.41, 5.74) is 1.74. The lowest BCUT2D eigenvalue weighted by molar-refractivity contribution is -0.115. The van der Waals surface area contributed by atoms with Crippen LogP contribution in [0.25, 0.3) is 0 Å². The van der Waals surface area contributed by atoms with Gasteiger partial charge >= 0.3 is 0 Å². The quantitative estimate of drug-likeness (QED) is 0.597. The van der Waals surface area contributed by atoms with E-state index >= 15 is 0 Å². The van der Waals surface area contributed by atoms with E-state index in [1.807, 2.05) is 12.2 Å². The molecule has 0 aromatic rings. The Morgan fingerprint density at radius 1 is 1.25 bits per heavy atom. The van der Waals surface area contributed by atoms with E-state index in [1.165, 1.54) is 19.3 Å². The molecule has 1 aliphatic carbocycles. The predicted octanol–water partition coefficient (Wildman–Crippen LogP) is 0.388. The summed E-state index contributed by atoms with van der Waals surface area (Å²) in [6.07, 6.45) is 8.33. The Labute approximate surface area is 95.2 Å². The average molecular weight is 219 g/mol. The molecule has 16 heavy (non-hydrogen) atoms. The zero-order valence-corrected chi connectivity index (χ0v) is 9.25. The van der Waals surface area contributed by atoms with Crippen molar-refractivity contribution in [3.63, 3.8) is 0 Å². The van der Waals surface area contributed by atoms with Crippen LogP contribution in [-0.4, -0.2) is 24.5 Å². The lowest BCUT2D eigenvalue weighted by atomic mass is 10.0. The van der Waals surface area contributed by atoms with Gasteiger partial charge in [0.1, 0.15) is 11.9 Å². The minimum atomic E-state index is 0.178. The highest BCUT2D eigenvalue weighted by molar-refractivity contribution is 5.98. The average Bonchev–Trinajstić information content (AvgIpc) is 2.76. The van der Waals surface area contributed by atoms with Crippen LogP contribution in [0, 0.1) is 0 Å². The standard InChI is InChI=1S/C12H17N3O/c16-10-6-3-5-8-11(10)15-12(14-8)9-4-1-2-7-13-9/h3,5,9,12-15H,1-2,4,6-7H2. The van der Waals surface area contributed by atoms with Gasteiger partial charge in [0.15, 0.2) is 5.78 Å². The Hall–Kier alpha value is -1.29. The van der Waals surface area contributed by atoms with Gasteiger partial charge in [-0.05, 0) is 25.5 Å². The van der Waals surface area contributed by atoms with Crippen LogP contribution >= 0.6 is 0 Å². The maximum absolute atomic E-state index is 11.7. The molecule has 3 N–H and O–H groups in total. The van der Waals surface area contributed by atoms with Gasteiger partial charge in [0.05, 0.1) is 5.70 Å². The molecule has 0 spiro atoms. The van der Waals surface area contributed by atoms with Crippen molar-refractivity contribution in [2.45, 2.75) is 37.9 Å². The minimum absolute atomic E-state index is 0.178. The lowest BCUT2D eigenvalue weighted by Gasteiger charge is -2.29. The number of ketones is 1. The fourth-order valence-corrected chi connectivity index (χ4v) is 2.62. The van der Waals surface area contributed by atoms with Crippen LogP contribution in [0.1, 0.15) is 25.7 Å². The number of hydrogen-bond acceptors (Lipinski definition) is 4. The summed E-state index contributed by atoms with van der Waals surface area (Å²) in [5.74, 6) is 0.198. The normalized spacial score (nSPS) is 33.4. The van der Waals surface area contributed by atoms with Gasteiger partial charge in [-0.15, -0.1) is 0 Å². The highest BCUT2D eigenvalue weighted by Crippen LogP contribution is 2.20. The molecule has 0 bridgehead atoms. The summed E-state index contributed by atoms with van der Waals surface area (Å²) in [5, 5.41) is 10.2. The van der Waals surface area contributed by atoms with E-state index in [0.717, 1.165) is 17.9 Å². The number of rotatable bonds is 1. The second-order valence-corrected chi connectivity index (χ2v) is 4.64. The van der Waals surface area contributed by atoms with Crippen LogP contribution in [0.5, 0.6) is 0 Å². The topological polar surface area (TPSA) is 53.2 Å². The van der Waals surface area contributed by atoms with E-state index in [4.69, 9.17) is 0 Å². The maximum atomic E-state index is 11.7. The molecule has 4 nitrogen and oxygen atoms in total. The zero-order chi connectivity index (χ0) is 11.0. The third-order valence-corrected chi connectivity index (χ3v) is 3.50. The van der Waals surface area contributed by atoms with Crippen LogP contribution in [0.3, 0.4) is 0 Å². The molecule has 1 fully saturated rings. The molecule has 2 atom stereocenters. The molecule has 0 radical (unpaired) electrons. The molecule has 3 aliphatic rings. The summed E-state index contributed by atoms with van der Waals surface area (Å²) in [6.45, 7) is 1.08. The van der Waals surface area contributed by atoms with Crippen LogP contribution in [0.15, 0.2) is 23.5 Å². The molecule has 2 unspecified atom stereocenters. The SMILES string of the molecule is O=C1CC=CC2=C1NC(C1CCCCN1)N2. The third-order valence-electron chi connectivity index (χ3n) is 3.50. The van der Waals surface area contributed by atoms with E-state index in [0.29, 0.717) is 12.5 Å². The molecule has 0 aromatic carbocycles. The Bertz CT molecular complexity index is 366. The van der Waals surface area contributed by atoms with Gasteiger partial charge in [0.25, 0.3) is 0 Å². The second-order valence-electron chi connectivity index (χ2n) is 4.64. The van der Waals surface area contributed by atoms with Gasteiger partial charge in [-0.3, -0.25) is 4.79 Å². The monoisotopic (exact) mass is 219 g/mol. The molecule has 2 heterocycles. The van der Waals surface area contributed by atoms with Gasteiger partial charge in [0.2, 0.25) is 0 Å². The van der Waals surface area contributed by atoms with Crippen molar-refractivity contribution in [2.75, 3.05) is 6.54 Å². The zero-order valence-electron chi connectivity index (χ0n) is 9.25. The number of piperidine rings is 1. The van der Waals surface area contributed by atoms with E-state index in [2.05, 4.69) is 16.0 Å². The molecule has 1 saturated heterocycles. The van der Waals surface area contributed by atoms with Crippen molar-refractivity contribution in [1.29, 1.82) is 0 Å².